The quantitative estimate of drug-likeness (QED) is 0.895. The summed E-state index contributed by atoms with van der Waals surface area (Å²) in [5.41, 5.74) is 1.21. The van der Waals surface area contributed by atoms with Gasteiger partial charge in [0.2, 0.25) is 5.91 Å². The number of nitrogens with one attached hydrogen (secondary N) is 1. The maximum atomic E-state index is 12.5. The molecule has 1 saturated heterocycles. The Morgan fingerprint density at radius 2 is 2.18 bits per heavy atom. The van der Waals surface area contributed by atoms with E-state index in [-0.39, 0.29) is 23.5 Å². The lowest BCUT2D eigenvalue weighted by molar-refractivity contribution is -0.126. The highest BCUT2D eigenvalue weighted by Crippen LogP contribution is 2.24. The predicted molar refractivity (Wildman–Crippen MR) is 84.8 cm³/mol. The fraction of sp³-hybridized carbons (Fsp3) is 0.529. The standard InChI is InChI=1S/C17H24N2O3/c1-3-8-18-16(21)13-5-4-9-19(11-13)17(22)14-7-6-12(2)10-15(14)20/h6-7,10,13,20H,3-5,8-9,11H2,1-2H3,(H,18,21)/t13-/m0/s1. The third kappa shape index (κ3) is 3.78. The molecule has 1 heterocycles. The van der Waals surface area contributed by atoms with Crippen molar-refractivity contribution in [2.75, 3.05) is 19.6 Å². The molecular weight excluding hydrogens is 280 g/mol. The summed E-state index contributed by atoms with van der Waals surface area (Å²) in [6.45, 7) is 5.59. The van der Waals surface area contributed by atoms with Crippen molar-refractivity contribution < 1.29 is 14.7 Å². The van der Waals surface area contributed by atoms with Crippen molar-refractivity contribution in [3.63, 3.8) is 0 Å². The zero-order valence-electron chi connectivity index (χ0n) is 13.3. The van der Waals surface area contributed by atoms with Crippen LogP contribution in [-0.2, 0) is 4.79 Å². The average Bonchev–Trinajstić information content (AvgIpc) is 2.52. The zero-order valence-corrected chi connectivity index (χ0v) is 13.3. The SMILES string of the molecule is CCCNC(=O)[C@H]1CCCN(C(=O)c2ccc(C)cc2O)C1. The number of phenols is 1. The normalized spacial score (nSPS) is 18.1. The summed E-state index contributed by atoms with van der Waals surface area (Å²) in [4.78, 5) is 26.3. The molecule has 0 saturated carbocycles. The summed E-state index contributed by atoms with van der Waals surface area (Å²) in [5.74, 6) is -0.336. The minimum Gasteiger partial charge on any atom is -0.507 e. The molecule has 0 bridgehead atoms. The number of carbonyl (C=O) groups is 2. The van der Waals surface area contributed by atoms with Crippen molar-refractivity contribution in [3.8, 4) is 5.75 Å². The number of nitrogens with zero attached hydrogens (tertiary/aromatic N) is 1. The minimum absolute atomic E-state index is 0.00237. The number of phenolic OH excluding ortho intramolecular Hbond substituents is 1. The first-order valence-corrected chi connectivity index (χ1v) is 7.89. The second-order valence-corrected chi connectivity index (χ2v) is 5.90. The smallest absolute Gasteiger partial charge is 0.257 e. The molecule has 1 aromatic carbocycles. The number of piperidine rings is 1. The van der Waals surface area contributed by atoms with E-state index in [2.05, 4.69) is 5.32 Å². The second kappa shape index (κ2) is 7.29. The van der Waals surface area contributed by atoms with Crippen molar-refractivity contribution >= 4 is 11.8 Å². The highest BCUT2D eigenvalue weighted by molar-refractivity contribution is 5.97. The Bertz CT molecular complexity index is 557. The van der Waals surface area contributed by atoms with E-state index in [0.29, 0.717) is 25.2 Å². The molecule has 2 N–H and O–H groups in total. The molecule has 5 nitrogen and oxygen atoms in total. The zero-order chi connectivity index (χ0) is 16.1. The van der Waals surface area contributed by atoms with Gasteiger partial charge < -0.3 is 15.3 Å². The van der Waals surface area contributed by atoms with Gasteiger partial charge in [0, 0.05) is 19.6 Å². The lowest BCUT2D eigenvalue weighted by Crippen LogP contribution is -2.45. The lowest BCUT2D eigenvalue weighted by atomic mass is 9.96. The Balaban J connectivity index is 2.05. The molecule has 1 aromatic rings. The third-order valence-corrected chi connectivity index (χ3v) is 4.01. The van der Waals surface area contributed by atoms with Gasteiger partial charge in [-0.25, -0.2) is 0 Å². The molecule has 1 atom stereocenters. The molecule has 0 radical (unpaired) electrons. The highest BCUT2D eigenvalue weighted by Gasteiger charge is 2.29. The number of hydrogen-bond donors (Lipinski definition) is 2. The van der Waals surface area contributed by atoms with Gasteiger partial charge in [-0.3, -0.25) is 9.59 Å². The molecule has 120 valence electrons. The lowest BCUT2D eigenvalue weighted by Gasteiger charge is -2.32. The number of rotatable bonds is 4. The molecule has 0 unspecified atom stereocenters. The largest absolute Gasteiger partial charge is 0.507 e. The number of aromatic hydroxyl groups is 1. The van der Waals surface area contributed by atoms with Gasteiger partial charge in [0.05, 0.1) is 11.5 Å². The van der Waals surface area contributed by atoms with Gasteiger partial charge in [-0.15, -0.1) is 0 Å². The molecule has 1 aliphatic rings. The summed E-state index contributed by atoms with van der Waals surface area (Å²) < 4.78 is 0. The van der Waals surface area contributed by atoms with Crippen molar-refractivity contribution in [3.05, 3.63) is 29.3 Å². The molecule has 2 amide bonds. The molecule has 1 fully saturated rings. The van der Waals surface area contributed by atoms with E-state index in [0.717, 1.165) is 24.8 Å². The van der Waals surface area contributed by atoms with E-state index in [9.17, 15) is 14.7 Å². The van der Waals surface area contributed by atoms with E-state index >= 15 is 0 Å². The molecule has 22 heavy (non-hydrogen) atoms. The highest BCUT2D eigenvalue weighted by atomic mass is 16.3. The summed E-state index contributed by atoms with van der Waals surface area (Å²) in [5, 5.41) is 12.9. The van der Waals surface area contributed by atoms with Crippen LogP contribution in [-0.4, -0.2) is 41.5 Å². The minimum atomic E-state index is -0.203. The van der Waals surface area contributed by atoms with Gasteiger partial charge >= 0.3 is 0 Å². The van der Waals surface area contributed by atoms with Crippen LogP contribution in [0.25, 0.3) is 0 Å². The van der Waals surface area contributed by atoms with Crippen LogP contribution in [0.15, 0.2) is 18.2 Å². The number of amides is 2. The monoisotopic (exact) mass is 304 g/mol. The Labute approximate surface area is 131 Å². The van der Waals surface area contributed by atoms with Crippen LogP contribution in [0, 0.1) is 12.8 Å². The molecule has 5 heteroatoms. The fourth-order valence-corrected chi connectivity index (χ4v) is 2.76. The van der Waals surface area contributed by atoms with Crippen LogP contribution < -0.4 is 5.32 Å². The van der Waals surface area contributed by atoms with Crippen LogP contribution in [0.3, 0.4) is 0 Å². The van der Waals surface area contributed by atoms with Crippen LogP contribution >= 0.6 is 0 Å². The van der Waals surface area contributed by atoms with Gasteiger partial charge in [0.15, 0.2) is 0 Å². The molecule has 0 aromatic heterocycles. The van der Waals surface area contributed by atoms with Crippen LogP contribution in [0.1, 0.15) is 42.1 Å². The first kappa shape index (κ1) is 16.3. The van der Waals surface area contributed by atoms with E-state index in [4.69, 9.17) is 0 Å². The molecule has 2 rings (SSSR count). The summed E-state index contributed by atoms with van der Waals surface area (Å²) in [6, 6.07) is 5.04. The summed E-state index contributed by atoms with van der Waals surface area (Å²) in [6.07, 6.45) is 2.51. The van der Waals surface area contributed by atoms with Crippen molar-refractivity contribution in [1.29, 1.82) is 0 Å². The van der Waals surface area contributed by atoms with Gasteiger partial charge in [-0.1, -0.05) is 13.0 Å². The van der Waals surface area contributed by atoms with Crippen LogP contribution in [0.5, 0.6) is 5.75 Å². The first-order chi connectivity index (χ1) is 10.5. The van der Waals surface area contributed by atoms with E-state index < -0.39 is 0 Å². The number of aryl methyl sites for hydroxylation is 1. The van der Waals surface area contributed by atoms with Gasteiger partial charge in [0.1, 0.15) is 5.75 Å². The summed E-state index contributed by atoms with van der Waals surface area (Å²) in [7, 11) is 0. The molecule has 0 spiro atoms. The molecule has 1 aliphatic heterocycles. The average molecular weight is 304 g/mol. The second-order valence-electron chi connectivity index (χ2n) is 5.90. The van der Waals surface area contributed by atoms with E-state index in [1.807, 2.05) is 19.9 Å². The number of benzene rings is 1. The number of hydrogen-bond acceptors (Lipinski definition) is 3. The fourth-order valence-electron chi connectivity index (χ4n) is 2.76. The van der Waals surface area contributed by atoms with Crippen LogP contribution in [0.2, 0.25) is 0 Å². The third-order valence-electron chi connectivity index (χ3n) is 4.01. The maximum absolute atomic E-state index is 12.5. The Hall–Kier alpha value is -2.04. The summed E-state index contributed by atoms with van der Waals surface area (Å²) >= 11 is 0. The van der Waals surface area contributed by atoms with Crippen molar-refractivity contribution in [2.45, 2.75) is 33.1 Å². The Kier molecular flexibility index (Phi) is 5.41. The van der Waals surface area contributed by atoms with E-state index in [1.54, 1.807) is 17.0 Å². The van der Waals surface area contributed by atoms with E-state index in [1.165, 1.54) is 0 Å². The topological polar surface area (TPSA) is 69.6 Å². The Morgan fingerprint density at radius 3 is 2.86 bits per heavy atom. The van der Waals surface area contributed by atoms with Gasteiger partial charge in [0.25, 0.3) is 5.91 Å². The van der Waals surface area contributed by atoms with Gasteiger partial charge in [-0.2, -0.15) is 0 Å². The Morgan fingerprint density at radius 1 is 1.41 bits per heavy atom. The van der Waals surface area contributed by atoms with Crippen molar-refractivity contribution in [1.82, 2.24) is 10.2 Å². The number of likely N-dealkylation sites (tertiary alicyclic amines) is 1. The van der Waals surface area contributed by atoms with Crippen LogP contribution in [0.4, 0.5) is 0 Å². The van der Waals surface area contributed by atoms with Crippen molar-refractivity contribution in [2.24, 2.45) is 5.92 Å². The first-order valence-electron chi connectivity index (χ1n) is 7.89. The number of carbonyl (C=O) groups excluding carboxylic acids is 2. The maximum Gasteiger partial charge on any atom is 0.257 e. The predicted octanol–water partition coefficient (Wildman–Crippen LogP) is 2.08. The molecular formula is C17H24N2O3. The molecule has 0 aliphatic carbocycles. The van der Waals surface area contributed by atoms with Gasteiger partial charge in [-0.05, 0) is 43.9 Å².